The molecule has 2 aromatic carbocycles. The molecule has 7 heteroatoms. The molecule has 148 valence electrons. The van der Waals surface area contributed by atoms with Gasteiger partial charge in [-0.05, 0) is 43.5 Å². The highest BCUT2D eigenvalue weighted by Crippen LogP contribution is 2.32. The molecule has 0 saturated carbocycles. The van der Waals surface area contributed by atoms with Crippen molar-refractivity contribution in [1.29, 1.82) is 0 Å². The Morgan fingerprint density at radius 2 is 1.90 bits per heavy atom. The molecule has 2 aromatic heterocycles. The molecule has 2 heterocycles. The number of unbranched alkanes of at least 4 members (excludes halogenated alkanes) is 1. The number of ether oxygens (including phenoxy) is 1. The Morgan fingerprint density at radius 1 is 1.07 bits per heavy atom. The Morgan fingerprint density at radius 3 is 2.76 bits per heavy atom. The lowest BCUT2D eigenvalue weighted by atomic mass is 10.1. The molecule has 0 fully saturated rings. The first-order valence-electron chi connectivity index (χ1n) is 9.46. The van der Waals surface area contributed by atoms with Crippen LogP contribution in [0.4, 0.5) is 5.13 Å². The van der Waals surface area contributed by atoms with Crippen molar-refractivity contribution in [3.05, 3.63) is 58.9 Å². The van der Waals surface area contributed by atoms with Crippen molar-refractivity contribution < 1.29 is 9.53 Å². The summed E-state index contributed by atoms with van der Waals surface area (Å²) in [6.07, 6.45) is 3.15. The normalized spacial score (nSPS) is 10.9. The van der Waals surface area contributed by atoms with Crippen molar-refractivity contribution >= 4 is 43.9 Å². The number of carbonyl (C=O) groups excluding carboxylic acids is 1. The first-order valence-corrected chi connectivity index (χ1v) is 11.2. The number of carbonyl (C=O) groups is 1. The smallest absolute Gasteiger partial charge is 0.226 e. The van der Waals surface area contributed by atoms with E-state index in [1.54, 1.807) is 18.4 Å². The number of methoxy groups -OCH3 is 1. The molecule has 0 radical (unpaired) electrons. The number of aryl methyl sites for hydroxylation is 1. The van der Waals surface area contributed by atoms with Crippen molar-refractivity contribution in [2.45, 2.75) is 25.7 Å². The number of nitrogens with zero attached hydrogens (tertiary/aromatic N) is 2. The molecule has 5 nitrogen and oxygen atoms in total. The van der Waals surface area contributed by atoms with Gasteiger partial charge in [0.05, 0.1) is 28.0 Å². The van der Waals surface area contributed by atoms with Crippen LogP contribution in [-0.4, -0.2) is 23.0 Å². The Bertz CT molecular complexity index is 1090. The summed E-state index contributed by atoms with van der Waals surface area (Å²) in [7, 11) is 1.64. The van der Waals surface area contributed by atoms with Crippen LogP contribution >= 0.6 is 22.7 Å². The van der Waals surface area contributed by atoms with Gasteiger partial charge in [-0.15, -0.1) is 22.7 Å². The monoisotopic (exact) mass is 423 g/mol. The minimum absolute atomic E-state index is 0.00442. The van der Waals surface area contributed by atoms with Crippen LogP contribution in [0.15, 0.2) is 53.9 Å². The van der Waals surface area contributed by atoms with Crippen molar-refractivity contribution in [1.82, 2.24) is 9.97 Å². The number of anilines is 1. The molecule has 29 heavy (non-hydrogen) atoms. The van der Waals surface area contributed by atoms with Gasteiger partial charge in [0.15, 0.2) is 5.13 Å². The summed E-state index contributed by atoms with van der Waals surface area (Å²) >= 11 is 3.16. The highest BCUT2D eigenvalue weighted by Gasteiger charge is 2.11. The lowest BCUT2D eigenvalue weighted by molar-refractivity contribution is -0.116. The second-order valence-corrected chi connectivity index (χ2v) is 8.54. The van der Waals surface area contributed by atoms with E-state index in [0.29, 0.717) is 11.6 Å². The van der Waals surface area contributed by atoms with Gasteiger partial charge in [0.1, 0.15) is 5.75 Å². The molecule has 0 aliphatic carbocycles. The number of aromatic nitrogens is 2. The topological polar surface area (TPSA) is 64.1 Å². The van der Waals surface area contributed by atoms with Crippen LogP contribution in [0.3, 0.4) is 0 Å². The quantitative estimate of drug-likeness (QED) is 0.365. The number of para-hydroxylation sites is 2. The van der Waals surface area contributed by atoms with Crippen molar-refractivity contribution in [3.8, 4) is 17.0 Å². The Labute approximate surface area is 177 Å². The second kappa shape index (κ2) is 9.15. The molecule has 1 amide bonds. The maximum Gasteiger partial charge on any atom is 0.226 e. The zero-order chi connectivity index (χ0) is 20.1. The first kappa shape index (κ1) is 19.5. The van der Waals surface area contributed by atoms with Crippen molar-refractivity contribution in [2.24, 2.45) is 0 Å². The van der Waals surface area contributed by atoms with Crippen LogP contribution < -0.4 is 10.1 Å². The molecule has 0 unspecified atom stereocenters. The lowest BCUT2D eigenvalue weighted by Crippen LogP contribution is -2.10. The van der Waals surface area contributed by atoms with Crippen LogP contribution in [0.5, 0.6) is 5.75 Å². The van der Waals surface area contributed by atoms with E-state index < -0.39 is 0 Å². The summed E-state index contributed by atoms with van der Waals surface area (Å²) in [5, 5.41) is 6.58. The number of fused-ring (bicyclic) bond motifs is 1. The van der Waals surface area contributed by atoms with E-state index in [1.807, 2.05) is 47.8 Å². The van der Waals surface area contributed by atoms with E-state index in [-0.39, 0.29) is 5.91 Å². The van der Waals surface area contributed by atoms with E-state index in [2.05, 4.69) is 21.4 Å². The third-order valence-corrected chi connectivity index (χ3v) is 6.37. The molecular formula is C22H21N3O2S2. The summed E-state index contributed by atoms with van der Waals surface area (Å²) in [5.41, 5.74) is 2.78. The maximum atomic E-state index is 12.3. The molecule has 4 rings (SSSR count). The number of benzene rings is 2. The standard InChI is InChI=1S/C22H21N3O2S2/c1-27-18-10-4-2-8-15(18)17-14-28-22(24-17)25-20(26)12-6-7-13-21-23-16-9-3-5-11-19(16)29-21/h2-5,8-11,14H,6-7,12-13H2,1H3,(H,24,25,26). The SMILES string of the molecule is COc1ccccc1-c1csc(NC(=O)CCCCc2nc3ccccc3s2)n1. The van der Waals surface area contributed by atoms with Gasteiger partial charge < -0.3 is 10.1 Å². The van der Waals surface area contributed by atoms with Gasteiger partial charge in [-0.1, -0.05) is 24.3 Å². The van der Waals surface area contributed by atoms with Crippen molar-refractivity contribution in [3.63, 3.8) is 0 Å². The molecule has 4 aromatic rings. The molecule has 0 spiro atoms. The number of amides is 1. The fourth-order valence-corrected chi connectivity index (χ4v) is 4.82. The fourth-order valence-electron chi connectivity index (χ4n) is 3.08. The van der Waals surface area contributed by atoms with Gasteiger partial charge in [0.25, 0.3) is 0 Å². The molecule has 0 aliphatic heterocycles. The molecule has 0 bridgehead atoms. The van der Waals surface area contributed by atoms with Gasteiger partial charge in [0, 0.05) is 17.4 Å². The van der Waals surface area contributed by atoms with Gasteiger partial charge in [0.2, 0.25) is 5.91 Å². The van der Waals surface area contributed by atoms with Gasteiger partial charge in [-0.25, -0.2) is 9.97 Å². The molecule has 0 atom stereocenters. The number of hydrogen-bond acceptors (Lipinski definition) is 6. The summed E-state index contributed by atoms with van der Waals surface area (Å²) in [6.45, 7) is 0. The summed E-state index contributed by atoms with van der Waals surface area (Å²) < 4.78 is 6.60. The lowest BCUT2D eigenvalue weighted by Gasteiger charge is -2.05. The molecule has 1 N–H and O–H groups in total. The summed E-state index contributed by atoms with van der Waals surface area (Å²) in [5.74, 6) is 0.765. The summed E-state index contributed by atoms with van der Waals surface area (Å²) in [6, 6.07) is 15.9. The molecule has 0 aliphatic rings. The average molecular weight is 424 g/mol. The number of thiazole rings is 2. The first-order chi connectivity index (χ1) is 14.2. The van der Waals surface area contributed by atoms with E-state index in [1.165, 1.54) is 16.0 Å². The van der Waals surface area contributed by atoms with Gasteiger partial charge >= 0.3 is 0 Å². The van der Waals surface area contributed by atoms with Gasteiger partial charge in [-0.2, -0.15) is 0 Å². The average Bonchev–Trinajstić information content (AvgIpc) is 3.37. The fraction of sp³-hybridized carbons (Fsp3) is 0.227. The van der Waals surface area contributed by atoms with E-state index in [9.17, 15) is 4.79 Å². The van der Waals surface area contributed by atoms with Crippen LogP contribution in [0.25, 0.3) is 21.5 Å². The van der Waals surface area contributed by atoms with E-state index in [0.717, 1.165) is 46.8 Å². The van der Waals surface area contributed by atoms with E-state index >= 15 is 0 Å². The van der Waals surface area contributed by atoms with Gasteiger partial charge in [-0.3, -0.25) is 4.79 Å². The highest BCUT2D eigenvalue weighted by molar-refractivity contribution is 7.18. The predicted octanol–water partition coefficient (Wildman–Crippen LogP) is 5.78. The number of nitrogens with one attached hydrogen (secondary N) is 1. The zero-order valence-electron chi connectivity index (χ0n) is 16.1. The summed E-state index contributed by atoms with van der Waals surface area (Å²) in [4.78, 5) is 21.4. The van der Waals surface area contributed by atoms with Crippen molar-refractivity contribution in [2.75, 3.05) is 12.4 Å². The Hall–Kier alpha value is -2.77. The maximum absolute atomic E-state index is 12.3. The Balaban J connectivity index is 1.26. The second-order valence-electron chi connectivity index (χ2n) is 6.57. The van der Waals surface area contributed by atoms with Crippen LogP contribution in [0, 0.1) is 0 Å². The van der Waals surface area contributed by atoms with E-state index in [4.69, 9.17) is 4.74 Å². The van der Waals surface area contributed by atoms with Crippen LogP contribution in [0.2, 0.25) is 0 Å². The molecular weight excluding hydrogens is 402 g/mol. The third kappa shape index (κ3) is 4.81. The zero-order valence-corrected chi connectivity index (χ0v) is 17.7. The van der Waals surface area contributed by atoms with Crippen LogP contribution in [-0.2, 0) is 11.2 Å². The largest absolute Gasteiger partial charge is 0.496 e. The van der Waals surface area contributed by atoms with Crippen LogP contribution in [0.1, 0.15) is 24.3 Å². The minimum atomic E-state index is -0.00442. The number of hydrogen-bond donors (Lipinski definition) is 1. The third-order valence-electron chi connectivity index (χ3n) is 4.52. The minimum Gasteiger partial charge on any atom is -0.496 e. The number of rotatable bonds is 8. The highest BCUT2D eigenvalue weighted by atomic mass is 32.1. The predicted molar refractivity (Wildman–Crippen MR) is 120 cm³/mol. The molecule has 0 saturated heterocycles. The Kier molecular flexibility index (Phi) is 6.17.